The highest BCUT2D eigenvalue weighted by molar-refractivity contribution is 7.22. The first-order valence-corrected chi connectivity index (χ1v) is 8.72. The van der Waals surface area contributed by atoms with Crippen LogP contribution in [0.15, 0.2) is 54.7 Å². The zero-order valence-corrected chi connectivity index (χ0v) is 14.1. The van der Waals surface area contributed by atoms with Gasteiger partial charge in [0.25, 0.3) is 0 Å². The molecule has 5 heteroatoms. The van der Waals surface area contributed by atoms with Gasteiger partial charge in [-0.2, -0.15) is 0 Å². The molecule has 4 aromatic rings. The first kappa shape index (κ1) is 14.9. The summed E-state index contributed by atoms with van der Waals surface area (Å²) in [6, 6.07) is 16.4. The molecular formula is C19H17N3OS. The molecule has 4 rings (SSSR count). The lowest BCUT2D eigenvalue weighted by atomic mass is 10.2. The van der Waals surface area contributed by atoms with Crippen LogP contribution in [0.5, 0.6) is 0 Å². The van der Waals surface area contributed by atoms with Crippen LogP contribution < -0.4 is 5.32 Å². The van der Waals surface area contributed by atoms with E-state index >= 15 is 0 Å². The van der Waals surface area contributed by atoms with Crippen molar-refractivity contribution in [3.63, 3.8) is 0 Å². The summed E-state index contributed by atoms with van der Waals surface area (Å²) in [7, 11) is 0. The average molecular weight is 335 g/mol. The molecule has 2 aromatic carbocycles. The zero-order valence-electron chi connectivity index (χ0n) is 13.3. The fourth-order valence-corrected chi connectivity index (χ4v) is 3.80. The molecule has 0 radical (unpaired) electrons. The van der Waals surface area contributed by atoms with Gasteiger partial charge in [0.05, 0.1) is 10.2 Å². The van der Waals surface area contributed by atoms with Gasteiger partial charge in [-0.3, -0.25) is 4.79 Å². The molecule has 2 aromatic heterocycles. The number of benzene rings is 2. The maximum atomic E-state index is 12.2. The third-order valence-corrected chi connectivity index (χ3v) is 4.98. The average Bonchev–Trinajstić information content (AvgIpc) is 3.16. The second-order valence-corrected chi connectivity index (χ2v) is 6.89. The number of fused-ring (bicyclic) bond motifs is 2. The SMILES string of the molecule is Cc1ccc2nc(NC(=O)CCn3ccc4ccccc43)sc2c1. The molecule has 120 valence electrons. The normalized spacial score (nSPS) is 11.2. The molecule has 0 atom stereocenters. The molecule has 24 heavy (non-hydrogen) atoms. The molecule has 0 saturated carbocycles. The summed E-state index contributed by atoms with van der Waals surface area (Å²) >= 11 is 1.52. The quantitative estimate of drug-likeness (QED) is 0.593. The molecule has 0 aliphatic heterocycles. The van der Waals surface area contributed by atoms with Crippen LogP contribution >= 0.6 is 11.3 Å². The minimum absolute atomic E-state index is 0.0106. The van der Waals surface area contributed by atoms with Gasteiger partial charge in [0.1, 0.15) is 0 Å². The van der Waals surface area contributed by atoms with E-state index in [0.717, 1.165) is 15.7 Å². The Morgan fingerprint density at radius 2 is 2.08 bits per heavy atom. The maximum absolute atomic E-state index is 12.2. The minimum Gasteiger partial charge on any atom is -0.347 e. The molecule has 4 nitrogen and oxygen atoms in total. The predicted molar refractivity (Wildman–Crippen MR) is 99.5 cm³/mol. The third kappa shape index (κ3) is 2.90. The summed E-state index contributed by atoms with van der Waals surface area (Å²) < 4.78 is 3.21. The van der Waals surface area contributed by atoms with Crippen LogP contribution in [0.2, 0.25) is 0 Å². The highest BCUT2D eigenvalue weighted by Gasteiger charge is 2.09. The Hall–Kier alpha value is -2.66. The fraction of sp³-hybridized carbons (Fsp3) is 0.158. The molecule has 0 aliphatic rings. The standard InChI is InChI=1S/C19H17N3OS/c1-13-6-7-15-17(12-13)24-19(20-15)21-18(23)9-11-22-10-8-14-4-2-3-5-16(14)22/h2-8,10,12H,9,11H2,1H3,(H,20,21,23). The van der Waals surface area contributed by atoms with Crippen molar-refractivity contribution in [3.8, 4) is 0 Å². The third-order valence-electron chi connectivity index (χ3n) is 4.05. The number of aromatic nitrogens is 2. The van der Waals surface area contributed by atoms with Gasteiger partial charge in [0.2, 0.25) is 5.91 Å². The van der Waals surface area contributed by atoms with E-state index in [-0.39, 0.29) is 5.91 Å². The molecule has 2 heterocycles. The van der Waals surface area contributed by atoms with E-state index in [1.807, 2.05) is 30.5 Å². The number of aryl methyl sites for hydroxylation is 2. The second kappa shape index (κ2) is 6.09. The Kier molecular flexibility index (Phi) is 3.78. The lowest BCUT2D eigenvalue weighted by molar-refractivity contribution is -0.116. The summed E-state index contributed by atoms with van der Waals surface area (Å²) in [5, 5.41) is 4.78. The van der Waals surface area contributed by atoms with Gasteiger partial charge in [0.15, 0.2) is 5.13 Å². The predicted octanol–water partition coefficient (Wildman–Crippen LogP) is 4.59. The summed E-state index contributed by atoms with van der Waals surface area (Å²) in [5.74, 6) is -0.0106. The van der Waals surface area contributed by atoms with Crippen molar-refractivity contribution in [2.75, 3.05) is 5.32 Å². The molecule has 0 spiro atoms. The summed E-state index contributed by atoms with van der Waals surface area (Å²) in [6.07, 6.45) is 2.45. The van der Waals surface area contributed by atoms with Gasteiger partial charge in [-0.05, 0) is 42.1 Å². The number of carbonyl (C=O) groups is 1. The maximum Gasteiger partial charge on any atom is 0.227 e. The number of carbonyl (C=O) groups excluding carboxylic acids is 1. The monoisotopic (exact) mass is 335 g/mol. The minimum atomic E-state index is -0.0106. The molecular weight excluding hydrogens is 318 g/mol. The number of hydrogen-bond acceptors (Lipinski definition) is 3. The van der Waals surface area contributed by atoms with E-state index in [1.165, 1.54) is 22.3 Å². The van der Waals surface area contributed by atoms with Crippen LogP contribution in [0, 0.1) is 6.92 Å². The summed E-state index contributed by atoms with van der Waals surface area (Å²) in [4.78, 5) is 16.7. The van der Waals surface area contributed by atoms with Gasteiger partial charge < -0.3 is 9.88 Å². The Morgan fingerprint density at radius 3 is 3.00 bits per heavy atom. The molecule has 0 bridgehead atoms. The van der Waals surface area contributed by atoms with Gasteiger partial charge in [-0.15, -0.1) is 0 Å². The Labute approximate surface area is 143 Å². The van der Waals surface area contributed by atoms with Gasteiger partial charge in [-0.1, -0.05) is 35.6 Å². The van der Waals surface area contributed by atoms with Crippen LogP contribution in [-0.2, 0) is 11.3 Å². The highest BCUT2D eigenvalue weighted by atomic mass is 32.1. The van der Waals surface area contributed by atoms with E-state index in [2.05, 4.69) is 46.1 Å². The van der Waals surface area contributed by atoms with Crippen molar-refractivity contribution < 1.29 is 4.79 Å². The molecule has 0 fully saturated rings. The summed E-state index contributed by atoms with van der Waals surface area (Å²) in [6.45, 7) is 2.71. The van der Waals surface area contributed by atoms with Crippen LogP contribution in [0.25, 0.3) is 21.1 Å². The largest absolute Gasteiger partial charge is 0.347 e. The van der Waals surface area contributed by atoms with E-state index in [1.54, 1.807) is 0 Å². The molecule has 1 amide bonds. The highest BCUT2D eigenvalue weighted by Crippen LogP contribution is 2.26. The van der Waals surface area contributed by atoms with Crippen LogP contribution in [0.1, 0.15) is 12.0 Å². The van der Waals surface area contributed by atoms with Gasteiger partial charge in [-0.25, -0.2) is 4.98 Å². The Bertz CT molecular complexity index is 1030. The van der Waals surface area contributed by atoms with E-state index < -0.39 is 0 Å². The smallest absolute Gasteiger partial charge is 0.227 e. The number of nitrogens with one attached hydrogen (secondary N) is 1. The lowest BCUT2D eigenvalue weighted by Crippen LogP contribution is -2.14. The number of thiazole rings is 1. The van der Waals surface area contributed by atoms with Crippen LogP contribution in [-0.4, -0.2) is 15.5 Å². The first-order chi connectivity index (χ1) is 11.7. The van der Waals surface area contributed by atoms with Gasteiger partial charge in [0, 0.05) is 24.7 Å². The molecule has 0 saturated heterocycles. The lowest BCUT2D eigenvalue weighted by Gasteiger charge is -2.05. The molecule has 0 aliphatic carbocycles. The van der Waals surface area contributed by atoms with E-state index in [4.69, 9.17) is 0 Å². The van der Waals surface area contributed by atoms with E-state index in [0.29, 0.717) is 18.1 Å². The number of hydrogen-bond donors (Lipinski definition) is 1. The molecule has 1 N–H and O–H groups in total. The van der Waals surface area contributed by atoms with Crippen molar-refractivity contribution in [3.05, 3.63) is 60.3 Å². The first-order valence-electron chi connectivity index (χ1n) is 7.90. The number of amides is 1. The van der Waals surface area contributed by atoms with Crippen LogP contribution in [0.4, 0.5) is 5.13 Å². The Morgan fingerprint density at radius 1 is 1.21 bits per heavy atom. The topological polar surface area (TPSA) is 46.9 Å². The van der Waals surface area contributed by atoms with Crippen molar-refractivity contribution in [1.29, 1.82) is 0 Å². The van der Waals surface area contributed by atoms with Crippen LogP contribution in [0.3, 0.4) is 0 Å². The Balaban J connectivity index is 1.44. The van der Waals surface area contributed by atoms with Crippen molar-refractivity contribution in [1.82, 2.24) is 9.55 Å². The fourth-order valence-electron chi connectivity index (χ4n) is 2.82. The number of nitrogens with zero attached hydrogens (tertiary/aromatic N) is 2. The van der Waals surface area contributed by atoms with Crippen molar-refractivity contribution in [2.45, 2.75) is 19.9 Å². The molecule has 0 unspecified atom stereocenters. The zero-order chi connectivity index (χ0) is 16.5. The number of rotatable bonds is 4. The van der Waals surface area contributed by atoms with Crippen molar-refractivity contribution >= 4 is 43.5 Å². The van der Waals surface area contributed by atoms with E-state index in [9.17, 15) is 4.79 Å². The van der Waals surface area contributed by atoms with Gasteiger partial charge >= 0.3 is 0 Å². The van der Waals surface area contributed by atoms with Crippen molar-refractivity contribution in [2.24, 2.45) is 0 Å². The number of anilines is 1. The second-order valence-electron chi connectivity index (χ2n) is 5.86. The summed E-state index contributed by atoms with van der Waals surface area (Å²) in [5.41, 5.74) is 3.28. The number of para-hydroxylation sites is 1.